The molecule has 1 nitrogen and oxygen atoms in total. The standard InChI is InChI=1S/C30H39N/c1-8-14-27(25-18-11-9-15-21(25)2)24(5)30(6,7)31-29-23(4)17-13-20-28(29)26-19-12-10-16-22(26)3/h9-13,15-20,24,27,31H,8,14H2,1-7H3. The van der Waals surface area contributed by atoms with Crippen molar-refractivity contribution >= 4 is 5.69 Å². The summed E-state index contributed by atoms with van der Waals surface area (Å²) in [5.41, 5.74) is 9.30. The Labute approximate surface area is 189 Å². The van der Waals surface area contributed by atoms with Gasteiger partial charge in [-0.2, -0.15) is 0 Å². The van der Waals surface area contributed by atoms with E-state index in [0.29, 0.717) is 11.8 Å². The quantitative estimate of drug-likeness (QED) is 0.389. The Kier molecular flexibility index (Phi) is 7.26. The van der Waals surface area contributed by atoms with E-state index < -0.39 is 0 Å². The van der Waals surface area contributed by atoms with E-state index in [1.54, 1.807) is 0 Å². The second kappa shape index (κ2) is 9.73. The fraction of sp³-hybridized carbons (Fsp3) is 0.400. The van der Waals surface area contributed by atoms with Crippen molar-refractivity contribution in [3.8, 4) is 11.1 Å². The van der Waals surface area contributed by atoms with Crippen LogP contribution in [0.5, 0.6) is 0 Å². The lowest BCUT2D eigenvalue weighted by atomic mass is 9.73. The summed E-state index contributed by atoms with van der Waals surface area (Å²) in [4.78, 5) is 0. The van der Waals surface area contributed by atoms with Gasteiger partial charge in [0.25, 0.3) is 0 Å². The fourth-order valence-electron chi connectivity index (χ4n) is 4.86. The molecule has 0 bridgehead atoms. The Morgan fingerprint density at radius 1 is 0.742 bits per heavy atom. The third-order valence-corrected chi connectivity index (χ3v) is 7.08. The van der Waals surface area contributed by atoms with Gasteiger partial charge >= 0.3 is 0 Å². The van der Waals surface area contributed by atoms with Gasteiger partial charge in [-0.1, -0.05) is 87.0 Å². The van der Waals surface area contributed by atoms with Gasteiger partial charge in [0.15, 0.2) is 0 Å². The molecule has 2 unspecified atom stereocenters. The summed E-state index contributed by atoms with van der Waals surface area (Å²) in [6.45, 7) is 16.1. The topological polar surface area (TPSA) is 12.0 Å². The fourth-order valence-corrected chi connectivity index (χ4v) is 4.86. The van der Waals surface area contributed by atoms with E-state index in [4.69, 9.17) is 0 Å². The highest BCUT2D eigenvalue weighted by Gasteiger charge is 2.34. The van der Waals surface area contributed by atoms with E-state index in [9.17, 15) is 0 Å². The van der Waals surface area contributed by atoms with Gasteiger partial charge in [-0.15, -0.1) is 0 Å². The molecule has 0 fully saturated rings. The molecule has 0 aliphatic carbocycles. The first-order valence-corrected chi connectivity index (χ1v) is 11.8. The molecule has 0 aromatic heterocycles. The number of hydrogen-bond acceptors (Lipinski definition) is 1. The Hall–Kier alpha value is -2.54. The van der Waals surface area contributed by atoms with Crippen LogP contribution in [-0.2, 0) is 0 Å². The molecule has 0 spiro atoms. The summed E-state index contributed by atoms with van der Waals surface area (Å²) < 4.78 is 0. The molecule has 0 saturated heterocycles. The van der Waals surface area contributed by atoms with Gasteiger partial charge in [-0.05, 0) is 80.7 Å². The van der Waals surface area contributed by atoms with Gasteiger partial charge in [0, 0.05) is 16.8 Å². The Bertz CT molecular complexity index is 1010. The van der Waals surface area contributed by atoms with Crippen LogP contribution in [0.4, 0.5) is 5.69 Å². The molecule has 0 amide bonds. The zero-order chi connectivity index (χ0) is 22.6. The van der Waals surface area contributed by atoms with Crippen LogP contribution in [0.2, 0.25) is 0 Å². The molecule has 31 heavy (non-hydrogen) atoms. The highest BCUT2D eigenvalue weighted by molar-refractivity contribution is 5.82. The lowest BCUT2D eigenvalue weighted by Gasteiger charge is -2.40. The minimum absolute atomic E-state index is 0.0638. The van der Waals surface area contributed by atoms with Crippen LogP contribution in [0.3, 0.4) is 0 Å². The number of benzene rings is 3. The van der Waals surface area contributed by atoms with E-state index in [1.165, 1.54) is 51.9 Å². The van der Waals surface area contributed by atoms with Crippen LogP contribution < -0.4 is 5.32 Å². The van der Waals surface area contributed by atoms with E-state index in [0.717, 1.165) is 0 Å². The van der Waals surface area contributed by atoms with Crippen molar-refractivity contribution in [2.24, 2.45) is 5.92 Å². The first-order chi connectivity index (χ1) is 14.8. The normalized spacial score (nSPS) is 13.6. The maximum absolute atomic E-state index is 4.01. The van der Waals surface area contributed by atoms with Crippen LogP contribution >= 0.6 is 0 Å². The lowest BCUT2D eigenvalue weighted by Crippen LogP contribution is -2.41. The molecule has 3 aromatic rings. The molecule has 0 radical (unpaired) electrons. The lowest BCUT2D eigenvalue weighted by molar-refractivity contribution is 0.303. The summed E-state index contributed by atoms with van der Waals surface area (Å²) >= 11 is 0. The Balaban J connectivity index is 2.00. The second-order valence-corrected chi connectivity index (χ2v) is 9.70. The minimum Gasteiger partial charge on any atom is -0.379 e. The third kappa shape index (κ3) is 5.03. The molecular formula is C30H39N. The summed E-state index contributed by atoms with van der Waals surface area (Å²) in [5, 5.41) is 4.01. The van der Waals surface area contributed by atoms with Crippen LogP contribution in [0.1, 0.15) is 68.7 Å². The maximum Gasteiger partial charge on any atom is 0.0453 e. The van der Waals surface area contributed by atoms with Crippen LogP contribution in [-0.4, -0.2) is 5.54 Å². The zero-order valence-electron chi connectivity index (χ0n) is 20.4. The van der Waals surface area contributed by atoms with Gasteiger partial charge in [0.05, 0.1) is 0 Å². The highest BCUT2D eigenvalue weighted by atomic mass is 15.0. The van der Waals surface area contributed by atoms with Gasteiger partial charge in [-0.3, -0.25) is 0 Å². The summed E-state index contributed by atoms with van der Waals surface area (Å²) in [7, 11) is 0. The number of nitrogens with one attached hydrogen (secondary N) is 1. The Morgan fingerprint density at radius 3 is 1.97 bits per heavy atom. The molecule has 164 valence electrons. The molecule has 0 saturated carbocycles. The maximum atomic E-state index is 4.01. The number of para-hydroxylation sites is 1. The smallest absolute Gasteiger partial charge is 0.0453 e. The second-order valence-electron chi connectivity index (χ2n) is 9.70. The monoisotopic (exact) mass is 413 g/mol. The molecule has 0 heterocycles. The van der Waals surface area contributed by atoms with Crippen molar-refractivity contribution in [3.05, 3.63) is 89.0 Å². The first kappa shape index (κ1) is 23.1. The average molecular weight is 414 g/mol. The van der Waals surface area contributed by atoms with Gasteiger partial charge in [0.2, 0.25) is 0 Å². The van der Waals surface area contributed by atoms with Gasteiger partial charge in [0.1, 0.15) is 0 Å². The van der Waals surface area contributed by atoms with E-state index in [2.05, 4.69) is 121 Å². The predicted molar refractivity (Wildman–Crippen MR) is 137 cm³/mol. The first-order valence-electron chi connectivity index (χ1n) is 11.8. The van der Waals surface area contributed by atoms with Gasteiger partial charge in [-0.25, -0.2) is 0 Å². The molecule has 3 aromatic carbocycles. The summed E-state index contributed by atoms with van der Waals surface area (Å²) in [6.07, 6.45) is 2.40. The van der Waals surface area contributed by atoms with Crippen LogP contribution in [0, 0.1) is 26.7 Å². The van der Waals surface area contributed by atoms with Crippen molar-refractivity contribution in [3.63, 3.8) is 0 Å². The van der Waals surface area contributed by atoms with Crippen molar-refractivity contribution in [1.82, 2.24) is 0 Å². The van der Waals surface area contributed by atoms with Gasteiger partial charge < -0.3 is 5.32 Å². The third-order valence-electron chi connectivity index (χ3n) is 7.08. The highest BCUT2D eigenvalue weighted by Crippen LogP contribution is 2.41. The largest absolute Gasteiger partial charge is 0.379 e. The molecule has 0 aliphatic heterocycles. The summed E-state index contributed by atoms with van der Waals surface area (Å²) in [5.74, 6) is 0.998. The van der Waals surface area contributed by atoms with E-state index in [-0.39, 0.29) is 5.54 Å². The molecule has 2 atom stereocenters. The van der Waals surface area contributed by atoms with Crippen molar-refractivity contribution in [2.45, 2.75) is 72.8 Å². The molecule has 1 heteroatoms. The van der Waals surface area contributed by atoms with Crippen LogP contribution in [0.25, 0.3) is 11.1 Å². The molecular weight excluding hydrogens is 374 g/mol. The van der Waals surface area contributed by atoms with Crippen LogP contribution in [0.15, 0.2) is 66.7 Å². The van der Waals surface area contributed by atoms with Crippen molar-refractivity contribution in [1.29, 1.82) is 0 Å². The molecule has 3 rings (SSSR count). The summed E-state index contributed by atoms with van der Waals surface area (Å²) in [6, 6.07) is 24.3. The van der Waals surface area contributed by atoms with E-state index >= 15 is 0 Å². The minimum atomic E-state index is -0.0638. The number of anilines is 1. The Morgan fingerprint density at radius 2 is 1.32 bits per heavy atom. The zero-order valence-corrected chi connectivity index (χ0v) is 20.4. The van der Waals surface area contributed by atoms with Crippen molar-refractivity contribution in [2.75, 3.05) is 5.32 Å². The molecule has 1 N–H and O–H groups in total. The number of rotatable bonds is 8. The van der Waals surface area contributed by atoms with Crippen molar-refractivity contribution < 1.29 is 0 Å². The SMILES string of the molecule is CCCC(c1ccccc1C)C(C)C(C)(C)Nc1c(C)cccc1-c1ccccc1C. The number of aryl methyl sites for hydroxylation is 3. The average Bonchev–Trinajstić information content (AvgIpc) is 2.74. The molecule has 0 aliphatic rings. The van der Waals surface area contributed by atoms with E-state index in [1.807, 2.05) is 0 Å². The predicted octanol–water partition coefficient (Wildman–Crippen LogP) is 8.69. The number of hydrogen-bond donors (Lipinski definition) is 1.